The van der Waals surface area contributed by atoms with Crippen LogP contribution in [0.5, 0.6) is 5.88 Å². The van der Waals surface area contributed by atoms with Crippen LogP contribution < -0.4 is 10.5 Å². The predicted molar refractivity (Wildman–Crippen MR) is 57.8 cm³/mol. The van der Waals surface area contributed by atoms with Crippen molar-refractivity contribution in [1.29, 1.82) is 0 Å². The van der Waals surface area contributed by atoms with E-state index in [1.165, 1.54) is 7.11 Å². The first-order chi connectivity index (χ1) is 7.19. The number of methoxy groups -OCH3 is 1. The highest BCUT2D eigenvalue weighted by Crippen LogP contribution is 2.15. The van der Waals surface area contributed by atoms with Crippen LogP contribution in [0.25, 0.3) is 5.82 Å². The lowest BCUT2D eigenvalue weighted by Crippen LogP contribution is -2.04. The smallest absolute Gasteiger partial charge is 0.225 e. The number of hydrogen-bond donors (Lipinski definition) is 1. The molecule has 6 nitrogen and oxygen atoms in total. The van der Waals surface area contributed by atoms with Gasteiger partial charge < -0.3 is 10.5 Å². The number of nitrogens with zero attached hydrogens (tertiary/aromatic N) is 4. The second-order valence-electron chi connectivity index (χ2n) is 2.73. The summed E-state index contributed by atoms with van der Waals surface area (Å²) in [5.41, 5.74) is 5.52. The van der Waals surface area contributed by atoms with Gasteiger partial charge in [-0.25, -0.2) is 4.68 Å². The van der Waals surface area contributed by atoms with Gasteiger partial charge in [0.15, 0.2) is 5.82 Å². The van der Waals surface area contributed by atoms with E-state index in [1.807, 2.05) is 0 Å². The molecule has 2 aromatic heterocycles. The van der Waals surface area contributed by atoms with E-state index in [9.17, 15) is 0 Å². The third-order valence-corrected chi connectivity index (χ3v) is 2.11. The SMILES string of the molecule is COc1cc(-n2cc(Br)cn2)nc(N)n1. The Morgan fingerprint density at radius 3 is 2.87 bits per heavy atom. The minimum atomic E-state index is 0.149. The molecule has 78 valence electrons. The monoisotopic (exact) mass is 269 g/mol. The normalized spacial score (nSPS) is 10.3. The van der Waals surface area contributed by atoms with E-state index in [0.29, 0.717) is 11.7 Å². The van der Waals surface area contributed by atoms with Crippen molar-refractivity contribution < 1.29 is 4.74 Å². The van der Waals surface area contributed by atoms with Gasteiger partial charge in [0.2, 0.25) is 11.8 Å². The zero-order chi connectivity index (χ0) is 10.8. The fraction of sp³-hybridized carbons (Fsp3) is 0.125. The van der Waals surface area contributed by atoms with Gasteiger partial charge in [-0.1, -0.05) is 0 Å². The number of nitrogen functional groups attached to an aromatic ring is 1. The van der Waals surface area contributed by atoms with Gasteiger partial charge in [0.1, 0.15) is 0 Å². The molecule has 0 aromatic carbocycles. The van der Waals surface area contributed by atoms with Crippen molar-refractivity contribution in [1.82, 2.24) is 19.7 Å². The van der Waals surface area contributed by atoms with Crippen LogP contribution in [-0.2, 0) is 0 Å². The maximum absolute atomic E-state index is 5.52. The molecule has 0 amide bonds. The number of aromatic nitrogens is 4. The summed E-state index contributed by atoms with van der Waals surface area (Å²) in [6.07, 6.45) is 3.42. The van der Waals surface area contributed by atoms with Gasteiger partial charge in [0.05, 0.1) is 17.8 Å². The Balaban J connectivity index is 2.48. The first-order valence-corrected chi connectivity index (χ1v) is 4.87. The lowest BCUT2D eigenvalue weighted by atomic mass is 10.5. The number of anilines is 1. The number of hydrogen-bond acceptors (Lipinski definition) is 5. The van der Waals surface area contributed by atoms with E-state index in [4.69, 9.17) is 10.5 Å². The lowest BCUT2D eigenvalue weighted by Gasteiger charge is -2.03. The topological polar surface area (TPSA) is 78.8 Å². The van der Waals surface area contributed by atoms with Crippen molar-refractivity contribution in [2.24, 2.45) is 0 Å². The molecular weight excluding hydrogens is 262 g/mol. The quantitative estimate of drug-likeness (QED) is 0.881. The molecule has 0 aliphatic carbocycles. The summed E-state index contributed by atoms with van der Waals surface area (Å²) in [6, 6.07) is 1.65. The molecule has 7 heteroatoms. The van der Waals surface area contributed by atoms with E-state index in [0.717, 1.165) is 4.47 Å². The van der Waals surface area contributed by atoms with Crippen LogP contribution in [0.4, 0.5) is 5.95 Å². The Kier molecular flexibility index (Phi) is 2.55. The third-order valence-electron chi connectivity index (χ3n) is 1.70. The molecule has 0 unspecified atom stereocenters. The highest BCUT2D eigenvalue weighted by atomic mass is 79.9. The minimum Gasteiger partial charge on any atom is -0.481 e. The Bertz CT molecular complexity index is 484. The lowest BCUT2D eigenvalue weighted by molar-refractivity contribution is 0.397. The molecule has 0 spiro atoms. The molecule has 2 aromatic rings. The highest BCUT2D eigenvalue weighted by molar-refractivity contribution is 9.10. The third kappa shape index (κ3) is 2.07. The van der Waals surface area contributed by atoms with Gasteiger partial charge in [-0.05, 0) is 15.9 Å². The zero-order valence-corrected chi connectivity index (χ0v) is 9.47. The van der Waals surface area contributed by atoms with Gasteiger partial charge in [-0.2, -0.15) is 15.1 Å². The van der Waals surface area contributed by atoms with Gasteiger partial charge in [0, 0.05) is 12.3 Å². The molecule has 2 N–H and O–H groups in total. The van der Waals surface area contributed by atoms with Gasteiger partial charge in [-0.3, -0.25) is 0 Å². The molecule has 0 aliphatic rings. The number of ether oxygens (including phenoxy) is 1. The van der Waals surface area contributed by atoms with Crippen molar-refractivity contribution in [2.75, 3.05) is 12.8 Å². The van der Waals surface area contributed by atoms with Gasteiger partial charge >= 0.3 is 0 Å². The maximum atomic E-state index is 5.52. The van der Waals surface area contributed by atoms with Crippen LogP contribution in [0.2, 0.25) is 0 Å². The summed E-state index contributed by atoms with van der Waals surface area (Å²) >= 11 is 3.29. The summed E-state index contributed by atoms with van der Waals surface area (Å²) in [5, 5.41) is 4.07. The van der Waals surface area contributed by atoms with E-state index < -0.39 is 0 Å². The summed E-state index contributed by atoms with van der Waals surface area (Å²) in [6.45, 7) is 0. The molecule has 0 aliphatic heterocycles. The molecule has 0 bridgehead atoms. The van der Waals surface area contributed by atoms with Crippen molar-refractivity contribution in [3.05, 3.63) is 22.9 Å². The summed E-state index contributed by atoms with van der Waals surface area (Å²) in [7, 11) is 1.52. The fourth-order valence-electron chi connectivity index (χ4n) is 1.08. The minimum absolute atomic E-state index is 0.149. The van der Waals surface area contributed by atoms with Gasteiger partial charge in [-0.15, -0.1) is 0 Å². The fourth-order valence-corrected chi connectivity index (χ4v) is 1.36. The molecule has 2 heterocycles. The molecule has 2 rings (SSSR count). The molecule has 0 saturated carbocycles. The largest absolute Gasteiger partial charge is 0.481 e. The van der Waals surface area contributed by atoms with Crippen molar-refractivity contribution in [3.8, 4) is 11.7 Å². The van der Waals surface area contributed by atoms with E-state index in [1.54, 1.807) is 23.1 Å². The van der Waals surface area contributed by atoms with Crippen molar-refractivity contribution in [2.45, 2.75) is 0 Å². The predicted octanol–water partition coefficient (Wildman–Crippen LogP) is 1.02. The zero-order valence-electron chi connectivity index (χ0n) is 7.88. The highest BCUT2D eigenvalue weighted by Gasteiger charge is 2.05. The van der Waals surface area contributed by atoms with Crippen LogP contribution >= 0.6 is 15.9 Å². The van der Waals surface area contributed by atoms with Gasteiger partial charge in [0.25, 0.3) is 0 Å². The molecular formula is C8H8BrN5O. The van der Waals surface area contributed by atoms with Crippen LogP contribution in [0.15, 0.2) is 22.9 Å². The maximum Gasteiger partial charge on any atom is 0.225 e. The molecule has 0 radical (unpaired) electrons. The first kappa shape index (κ1) is 9.91. The van der Waals surface area contributed by atoms with Crippen molar-refractivity contribution in [3.63, 3.8) is 0 Å². The molecule has 0 fully saturated rings. The second kappa shape index (κ2) is 3.85. The van der Waals surface area contributed by atoms with Crippen LogP contribution in [0.1, 0.15) is 0 Å². The van der Waals surface area contributed by atoms with E-state index >= 15 is 0 Å². The van der Waals surface area contributed by atoms with Crippen LogP contribution in [0, 0.1) is 0 Å². The van der Waals surface area contributed by atoms with E-state index in [2.05, 4.69) is 31.0 Å². The Morgan fingerprint density at radius 1 is 1.47 bits per heavy atom. The Morgan fingerprint density at radius 2 is 2.27 bits per heavy atom. The standard InChI is InChI=1S/C8H8BrN5O/c1-15-7-2-6(12-8(10)13-7)14-4-5(9)3-11-14/h2-4H,1H3,(H2,10,12,13). The average molecular weight is 270 g/mol. The number of halogens is 1. The number of nitrogens with two attached hydrogens (primary N) is 1. The average Bonchev–Trinajstić information content (AvgIpc) is 2.64. The van der Waals surface area contributed by atoms with Crippen LogP contribution in [-0.4, -0.2) is 26.9 Å². The van der Waals surface area contributed by atoms with Crippen molar-refractivity contribution >= 4 is 21.9 Å². The second-order valence-corrected chi connectivity index (χ2v) is 3.65. The number of rotatable bonds is 2. The molecule has 15 heavy (non-hydrogen) atoms. The Labute approximate surface area is 94.2 Å². The van der Waals surface area contributed by atoms with Crippen LogP contribution in [0.3, 0.4) is 0 Å². The summed E-state index contributed by atoms with van der Waals surface area (Å²) in [4.78, 5) is 7.91. The van der Waals surface area contributed by atoms with E-state index in [-0.39, 0.29) is 5.95 Å². The summed E-state index contributed by atoms with van der Waals surface area (Å²) < 4.78 is 7.41. The first-order valence-electron chi connectivity index (χ1n) is 4.08. The molecule has 0 saturated heterocycles. The Hall–Kier alpha value is -1.63. The molecule has 0 atom stereocenters. The summed E-state index contributed by atoms with van der Waals surface area (Å²) in [5.74, 6) is 1.12.